The van der Waals surface area contributed by atoms with Gasteiger partial charge in [0.05, 0.1) is 12.2 Å². The average Bonchev–Trinajstić information content (AvgIpc) is 2.02. The van der Waals surface area contributed by atoms with Crippen molar-refractivity contribution >= 4 is 0 Å². The molecule has 4 saturated carbocycles. The zero-order valence-electron chi connectivity index (χ0n) is 6.93. The molecule has 4 rings (SSSR count). The van der Waals surface area contributed by atoms with Crippen LogP contribution in [0.5, 0.6) is 0 Å². The van der Waals surface area contributed by atoms with E-state index < -0.39 is 0 Å². The van der Waals surface area contributed by atoms with Gasteiger partial charge in [-0.15, -0.1) is 0 Å². The fourth-order valence-corrected chi connectivity index (χ4v) is 4.61. The van der Waals surface area contributed by atoms with Crippen LogP contribution in [-0.2, 0) is 0 Å². The lowest BCUT2D eigenvalue weighted by molar-refractivity contribution is -0.362. The van der Waals surface area contributed by atoms with Gasteiger partial charge in [-0.25, -0.2) is 0 Å². The Labute approximate surface area is 71.6 Å². The predicted molar refractivity (Wildman–Crippen MR) is 42.2 cm³/mol. The van der Waals surface area contributed by atoms with Crippen molar-refractivity contribution in [3.8, 4) is 0 Å². The Balaban J connectivity index is 1.63. The highest BCUT2D eigenvalue weighted by molar-refractivity contribution is 5.24. The summed E-state index contributed by atoms with van der Waals surface area (Å²) in [5, 5.41) is 19.0. The Bertz CT molecular complexity index is 202. The van der Waals surface area contributed by atoms with E-state index in [4.69, 9.17) is 0 Å². The number of hydrogen-bond donors (Lipinski definition) is 2. The molecule has 8 atom stereocenters. The molecule has 4 aliphatic carbocycles. The van der Waals surface area contributed by atoms with E-state index in [-0.39, 0.29) is 12.2 Å². The Kier molecular flexibility index (Phi) is 0.851. The van der Waals surface area contributed by atoms with Gasteiger partial charge in [0.25, 0.3) is 0 Å². The molecular formula is C10H14O2. The maximum absolute atomic E-state index is 9.51. The first kappa shape index (κ1) is 6.39. The lowest BCUT2D eigenvalue weighted by Crippen LogP contribution is -2.80. The van der Waals surface area contributed by atoms with Crippen LogP contribution in [0.25, 0.3) is 0 Å². The van der Waals surface area contributed by atoms with Gasteiger partial charge in [-0.3, -0.25) is 0 Å². The molecular weight excluding hydrogens is 152 g/mol. The topological polar surface area (TPSA) is 40.5 Å². The van der Waals surface area contributed by atoms with Gasteiger partial charge in [-0.1, -0.05) is 0 Å². The van der Waals surface area contributed by atoms with Crippen LogP contribution in [0.3, 0.4) is 0 Å². The monoisotopic (exact) mass is 166 g/mol. The number of aliphatic hydroxyl groups excluding tert-OH is 2. The Morgan fingerprint density at radius 2 is 1.08 bits per heavy atom. The van der Waals surface area contributed by atoms with Gasteiger partial charge in [-0.2, -0.15) is 0 Å². The molecule has 2 heteroatoms. The highest BCUT2D eigenvalue weighted by atomic mass is 16.3. The first-order valence-electron chi connectivity index (χ1n) is 5.17. The Hall–Kier alpha value is -0.0800. The molecule has 0 aromatic heterocycles. The summed E-state index contributed by atoms with van der Waals surface area (Å²) in [6.45, 7) is 0. The van der Waals surface area contributed by atoms with E-state index >= 15 is 0 Å². The second-order valence-corrected chi connectivity index (χ2v) is 5.20. The van der Waals surface area contributed by atoms with Gasteiger partial charge < -0.3 is 10.2 Å². The van der Waals surface area contributed by atoms with Crippen molar-refractivity contribution in [2.75, 3.05) is 0 Å². The van der Waals surface area contributed by atoms with Crippen molar-refractivity contribution in [2.24, 2.45) is 35.5 Å². The maximum atomic E-state index is 9.51. The molecule has 0 heterocycles. The summed E-state index contributed by atoms with van der Waals surface area (Å²) in [6, 6.07) is 0. The third-order valence-corrected chi connectivity index (χ3v) is 5.29. The van der Waals surface area contributed by atoms with Crippen LogP contribution in [0.4, 0.5) is 0 Å². The van der Waals surface area contributed by atoms with Crippen LogP contribution in [-0.4, -0.2) is 22.4 Å². The van der Waals surface area contributed by atoms with E-state index in [1.54, 1.807) is 0 Å². The van der Waals surface area contributed by atoms with Crippen LogP contribution in [0.15, 0.2) is 0 Å². The lowest BCUT2D eigenvalue weighted by atomic mass is 9.27. The molecule has 4 aliphatic rings. The molecule has 0 bridgehead atoms. The Morgan fingerprint density at radius 3 is 1.42 bits per heavy atom. The Morgan fingerprint density at radius 1 is 0.667 bits per heavy atom. The standard InChI is InChI=1S/C10H14O2/c11-9-7-5-3-1-2-4(3)6(5)8(7)10(9)12/h3-12H,1-2H2. The zero-order chi connectivity index (χ0) is 8.03. The van der Waals surface area contributed by atoms with Gasteiger partial charge in [0, 0.05) is 0 Å². The molecule has 2 nitrogen and oxygen atoms in total. The largest absolute Gasteiger partial charge is 0.390 e. The third-order valence-electron chi connectivity index (χ3n) is 5.29. The first-order chi connectivity index (χ1) is 5.80. The summed E-state index contributed by atoms with van der Waals surface area (Å²) < 4.78 is 0. The van der Waals surface area contributed by atoms with E-state index in [1.807, 2.05) is 0 Å². The van der Waals surface area contributed by atoms with Crippen LogP contribution >= 0.6 is 0 Å². The third kappa shape index (κ3) is 0.391. The minimum atomic E-state index is -0.363. The molecule has 12 heavy (non-hydrogen) atoms. The minimum absolute atomic E-state index is 0.363. The van der Waals surface area contributed by atoms with Crippen molar-refractivity contribution in [1.29, 1.82) is 0 Å². The molecule has 0 amide bonds. The fourth-order valence-electron chi connectivity index (χ4n) is 4.61. The van der Waals surface area contributed by atoms with Gasteiger partial charge in [0.15, 0.2) is 0 Å². The first-order valence-corrected chi connectivity index (χ1v) is 5.17. The van der Waals surface area contributed by atoms with Gasteiger partial charge in [0.2, 0.25) is 0 Å². The molecule has 4 fully saturated rings. The molecule has 0 spiro atoms. The van der Waals surface area contributed by atoms with Crippen molar-refractivity contribution in [2.45, 2.75) is 25.0 Å². The number of aliphatic hydroxyl groups is 2. The minimum Gasteiger partial charge on any atom is -0.390 e. The van der Waals surface area contributed by atoms with Crippen LogP contribution in [0, 0.1) is 35.5 Å². The van der Waals surface area contributed by atoms with Crippen molar-refractivity contribution in [3.05, 3.63) is 0 Å². The summed E-state index contributed by atoms with van der Waals surface area (Å²) >= 11 is 0. The SMILES string of the molecule is OC1C(O)C2C1C1C3CCC3C21. The van der Waals surface area contributed by atoms with Crippen LogP contribution in [0.2, 0.25) is 0 Å². The molecule has 0 saturated heterocycles. The normalized spacial score (nSPS) is 76.5. The smallest absolute Gasteiger partial charge is 0.0836 e. The molecule has 0 radical (unpaired) electrons. The summed E-state index contributed by atoms with van der Waals surface area (Å²) in [4.78, 5) is 0. The highest BCUT2D eigenvalue weighted by Gasteiger charge is 2.76. The van der Waals surface area contributed by atoms with E-state index in [0.29, 0.717) is 11.8 Å². The number of hydrogen-bond acceptors (Lipinski definition) is 2. The molecule has 66 valence electrons. The second kappa shape index (κ2) is 1.60. The van der Waals surface area contributed by atoms with Crippen molar-refractivity contribution in [3.63, 3.8) is 0 Å². The van der Waals surface area contributed by atoms with E-state index in [2.05, 4.69) is 0 Å². The highest BCUT2D eigenvalue weighted by Crippen LogP contribution is 2.76. The predicted octanol–water partition coefficient (Wildman–Crippen LogP) is 0.240. The summed E-state index contributed by atoms with van der Waals surface area (Å²) in [5.41, 5.74) is 0. The molecule has 0 aromatic rings. The maximum Gasteiger partial charge on any atom is 0.0836 e. The van der Waals surface area contributed by atoms with Crippen LogP contribution in [0.1, 0.15) is 12.8 Å². The van der Waals surface area contributed by atoms with Gasteiger partial charge in [-0.05, 0) is 48.3 Å². The molecule has 0 aliphatic heterocycles. The summed E-state index contributed by atoms with van der Waals surface area (Å²) in [5.74, 6) is 4.58. The number of fused-ring (bicyclic) bond motifs is 7. The van der Waals surface area contributed by atoms with Gasteiger partial charge in [0.1, 0.15) is 0 Å². The summed E-state index contributed by atoms with van der Waals surface area (Å²) in [7, 11) is 0. The van der Waals surface area contributed by atoms with E-state index in [1.165, 1.54) is 12.8 Å². The summed E-state index contributed by atoms with van der Waals surface area (Å²) in [6.07, 6.45) is 2.08. The number of rotatable bonds is 0. The fraction of sp³-hybridized carbons (Fsp3) is 1.00. The van der Waals surface area contributed by atoms with Crippen molar-refractivity contribution < 1.29 is 10.2 Å². The van der Waals surface area contributed by atoms with E-state index in [0.717, 1.165) is 23.7 Å². The average molecular weight is 166 g/mol. The molecule has 8 unspecified atom stereocenters. The molecule has 0 aromatic carbocycles. The quantitative estimate of drug-likeness (QED) is 0.541. The molecule has 2 N–H and O–H groups in total. The lowest BCUT2D eigenvalue weighted by Gasteiger charge is -2.79. The van der Waals surface area contributed by atoms with Crippen molar-refractivity contribution in [1.82, 2.24) is 0 Å². The van der Waals surface area contributed by atoms with Gasteiger partial charge >= 0.3 is 0 Å². The second-order valence-electron chi connectivity index (χ2n) is 5.20. The van der Waals surface area contributed by atoms with Crippen LogP contribution < -0.4 is 0 Å². The van der Waals surface area contributed by atoms with E-state index in [9.17, 15) is 10.2 Å². The zero-order valence-corrected chi connectivity index (χ0v) is 6.93.